The van der Waals surface area contributed by atoms with Crippen molar-refractivity contribution >= 4 is 33.0 Å². The molecule has 1 N–H and O–H groups in total. The molecule has 0 atom stereocenters. The Labute approximate surface area is 168 Å². The maximum absolute atomic E-state index is 12.6. The molecule has 2 rings (SSSR count). The molecule has 0 saturated heterocycles. The smallest absolute Gasteiger partial charge is 0.271 e. The van der Waals surface area contributed by atoms with E-state index in [-0.39, 0.29) is 17.1 Å². The Hall–Kier alpha value is -3.34. The topological polar surface area (TPSA) is 128 Å². The molecule has 0 fully saturated rings. The molecule has 156 valence electrons. The first-order valence-corrected chi connectivity index (χ1v) is 10.2. The number of carbonyl (C=O) groups is 1. The highest BCUT2D eigenvalue weighted by atomic mass is 32.2. The molecule has 0 aromatic heterocycles. The number of nitro benzene ring substituents is 1. The van der Waals surface area contributed by atoms with Gasteiger partial charge in [-0.05, 0) is 30.7 Å². The lowest BCUT2D eigenvalue weighted by atomic mass is 10.2. The highest BCUT2D eigenvalue weighted by molar-refractivity contribution is 7.92. The number of amides is 1. The van der Waals surface area contributed by atoms with Gasteiger partial charge >= 0.3 is 0 Å². The van der Waals surface area contributed by atoms with Gasteiger partial charge in [-0.15, -0.1) is 0 Å². The fourth-order valence-corrected chi connectivity index (χ4v) is 3.46. The quantitative estimate of drug-likeness (QED) is 0.510. The van der Waals surface area contributed by atoms with Gasteiger partial charge in [0, 0.05) is 12.1 Å². The van der Waals surface area contributed by atoms with Crippen molar-refractivity contribution in [3.8, 4) is 11.5 Å². The van der Waals surface area contributed by atoms with E-state index in [4.69, 9.17) is 9.47 Å². The zero-order valence-corrected chi connectivity index (χ0v) is 17.1. The van der Waals surface area contributed by atoms with Crippen LogP contribution in [0.5, 0.6) is 11.5 Å². The van der Waals surface area contributed by atoms with Gasteiger partial charge < -0.3 is 14.8 Å². The number of benzene rings is 2. The van der Waals surface area contributed by atoms with E-state index in [1.54, 1.807) is 18.2 Å². The molecule has 0 unspecified atom stereocenters. The van der Waals surface area contributed by atoms with E-state index in [0.29, 0.717) is 11.4 Å². The summed E-state index contributed by atoms with van der Waals surface area (Å²) in [6.45, 7) is 1.21. The first-order chi connectivity index (χ1) is 13.6. The Morgan fingerprint density at radius 2 is 1.76 bits per heavy atom. The minimum Gasteiger partial charge on any atom is -0.495 e. The van der Waals surface area contributed by atoms with Crippen molar-refractivity contribution in [2.24, 2.45) is 0 Å². The van der Waals surface area contributed by atoms with E-state index < -0.39 is 27.4 Å². The SMILES string of the molecule is COc1ccc(C)cc1NC(=O)CN(c1cc([N+](=O)[O-])ccc1OC)S(C)(=O)=O. The van der Waals surface area contributed by atoms with Crippen molar-refractivity contribution in [2.45, 2.75) is 6.92 Å². The minimum atomic E-state index is -3.97. The Kier molecular flexibility index (Phi) is 6.64. The highest BCUT2D eigenvalue weighted by Gasteiger charge is 2.26. The van der Waals surface area contributed by atoms with Crippen molar-refractivity contribution in [1.82, 2.24) is 0 Å². The molecule has 10 nitrogen and oxygen atoms in total. The number of nitrogens with one attached hydrogen (secondary N) is 1. The number of sulfonamides is 1. The van der Waals surface area contributed by atoms with Crippen molar-refractivity contribution in [3.63, 3.8) is 0 Å². The average Bonchev–Trinajstić information content (AvgIpc) is 2.65. The molecule has 11 heteroatoms. The molecule has 0 aliphatic rings. The van der Waals surface area contributed by atoms with E-state index in [9.17, 15) is 23.3 Å². The number of hydrogen-bond acceptors (Lipinski definition) is 7. The maximum Gasteiger partial charge on any atom is 0.271 e. The van der Waals surface area contributed by atoms with Gasteiger partial charge in [0.2, 0.25) is 15.9 Å². The van der Waals surface area contributed by atoms with Crippen LogP contribution in [0.15, 0.2) is 36.4 Å². The number of methoxy groups -OCH3 is 2. The number of hydrogen-bond donors (Lipinski definition) is 1. The van der Waals surface area contributed by atoms with Gasteiger partial charge in [-0.2, -0.15) is 0 Å². The summed E-state index contributed by atoms with van der Waals surface area (Å²) < 4.78 is 35.8. The Morgan fingerprint density at radius 3 is 2.31 bits per heavy atom. The van der Waals surface area contributed by atoms with E-state index in [2.05, 4.69) is 5.32 Å². The fraction of sp³-hybridized carbons (Fsp3) is 0.278. The average molecular weight is 423 g/mol. The van der Waals surface area contributed by atoms with E-state index in [1.807, 2.05) is 6.92 Å². The number of carbonyl (C=O) groups excluding carboxylic acids is 1. The summed E-state index contributed by atoms with van der Waals surface area (Å²) in [4.78, 5) is 23.0. The zero-order chi connectivity index (χ0) is 21.8. The molecule has 2 aromatic rings. The standard InChI is InChI=1S/C18H21N3O7S/c1-12-5-7-16(27-2)14(9-12)19-18(22)11-20(29(4,25)26)15-10-13(21(23)24)6-8-17(15)28-3/h5-10H,11H2,1-4H3,(H,19,22). The number of anilines is 2. The summed E-state index contributed by atoms with van der Waals surface area (Å²) in [6, 6.07) is 8.64. The lowest BCUT2D eigenvalue weighted by Gasteiger charge is -2.23. The van der Waals surface area contributed by atoms with Gasteiger partial charge in [-0.1, -0.05) is 6.07 Å². The summed E-state index contributed by atoms with van der Waals surface area (Å²) in [5.41, 5.74) is 0.782. The van der Waals surface area contributed by atoms with E-state index in [0.717, 1.165) is 22.2 Å². The zero-order valence-electron chi connectivity index (χ0n) is 16.3. The van der Waals surface area contributed by atoms with Crippen LogP contribution in [-0.4, -0.2) is 46.3 Å². The van der Waals surface area contributed by atoms with Gasteiger partial charge in [-0.3, -0.25) is 19.2 Å². The van der Waals surface area contributed by atoms with Gasteiger partial charge in [0.25, 0.3) is 5.69 Å². The molecule has 1 amide bonds. The largest absolute Gasteiger partial charge is 0.495 e. The molecule has 2 aromatic carbocycles. The lowest BCUT2D eigenvalue weighted by molar-refractivity contribution is -0.384. The third kappa shape index (κ3) is 5.35. The maximum atomic E-state index is 12.6. The molecule has 0 radical (unpaired) electrons. The van der Waals surface area contributed by atoms with Crippen LogP contribution in [-0.2, 0) is 14.8 Å². The number of rotatable bonds is 8. The molecule has 0 aliphatic carbocycles. The minimum absolute atomic E-state index is 0.0713. The number of nitro groups is 1. The number of aryl methyl sites for hydroxylation is 1. The lowest BCUT2D eigenvalue weighted by Crippen LogP contribution is -2.37. The predicted octanol–water partition coefficient (Wildman–Crippen LogP) is 2.33. The van der Waals surface area contributed by atoms with Crippen LogP contribution >= 0.6 is 0 Å². The second-order valence-electron chi connectivity index (χ2n) is 6.13. The van der Waals surface area contributed by atoms with Gasteiger partial charge in [0.05, 0.1) is 31.1 Å². The monoisotopic (exact) mass is 423 g/mol. The van der Waals surface area contributed by atoms with Gasteiger partial charge in [0.15, 0.2) is 0 Å². The summed E-state index contributed by atoms with van der Waals surface area (Å²) >= 11 is 0. The highest BCUT2D eigenvalue weighted by Crippen LogP contribution is 2.34. The molecular formula is C18H21N3O7S. The summed E-state index contributed by atoms with van der Waals surface area (Å²) in [5.74, 6) is -0.183. The number of nitrogens with zero attached hydrogens (tertiary/aromatic N) is 2. The van der Waals surface area contributed by atoms with Crippen LogP contribution in [0, 0.1) is 17.0 Å². The molecule has 0 bridgehead atoms. The fourth-order valence-electron chi connectivity index (χ4n) is 2.61. The Balaban J connectivity index is 2.41. The van der Waals surface area contributed by atoms with Crippen molar-refractivity contribution < 1.29 is 27.6 Å². The normalized spacial score (nSPS) is 10.9. The van der Waals surface area contributed by atoms with E-state index >= 15 is 0 Å². The molecule has 0 aliphatic heterocycles. The third-order valence-electron chi connectivity index (χ3n) is 3.96. The molecule has 29 heavy (non-hydrogen) atoms. The first-order valence-electron chi connectivity index (χ1n) is 8.31. The van der Waals surface area contributed by atoms with Crippen molar-refractivity contribution in [1.29, 1.82) is 0 Å². The van der Waals surface area contributed by atoms with Crippen LogP contribution in [0.3, 0.4) is 0 Å². The van der Waals surface area contributed by atoms with Crippen LogP contribution < -0.4 is 19.1 Å². The van der Waals surface area contributed by atoms with Gasteiger partial charge in [-0.25, -0.2) is 8.42 Å². The second-order valence-corrected chi connectivity index (χ2v) is 8.04. The number of ether oxygens (including phenoxy) is 2. The summed E-state index contributed by atoms with van der Waals surface area (Å²) in [6.07, 6.45) is 0.895. The van der Waals surface area contributed by atoms with Crippen LogP contribution in [0.2, 0.25) is 0 Å². The van der Waals surface area contributed by atoms with E-state index in [1.165, 1.54) is 26.4 Å². The molecule has 0 heterocycles. The van der Waals surface area contributed by atoms with Gasteiger partial charge in [0.1, 0.15) is 23.7 Å². The Morgan fingerprint density at radius 1 is 1.14 bits per heavy atom. The number of non-ortho nitro benzene ring substituents is 1. The first kappa shape index (κ1) is 22.0. The summed E-state index contributed by atoms with van der Waals surface area (Å²) in [5, 5.41) is 13.7. The van der Waals surface area contributed by atoms with Crippen LogP contribution in [0.25, 0.3) is 0 Å². The molecule has 0 saturated carbocycles. The van der Waals surface area contributed by atoms with Crippen molar-refractivity contribution in [3.05, 3.63) is 52.1 Å². The predicted molar refractivity (Wildman–Crippen MR) is 108 cm³/mol. The Bertz CT molecular complexity index is 1040. The van der Waals surface area contributed by atoms with Crippen LogP contribution in [0.4, 0.5) is 17.1 Å². The van der Waals surface area contributed by atoms with Crippen LogP contribution in [0.1, 0.15) is 5.56 Å². The van der Waals surface area contributed by atoms with Crippen molar-refractivity contribution in [2.75, 3.05) is 36.6 Å². The molecule has 0 spiro atoms. The third-order valence-corrected chi connectivity index (χ3v) is 5.09. The summed E-state index contributed by atoms with van der Waals surface area (Å²) in [7, 11) is -1.23. The molecular weight excluding hydrogens is 402 g/mol. The second kappa shape index (κ2) is 8.78.